The summed E-state index contributed by atoms with van der Waals surface area (Å²) in [5.41, 5.74) is 0. The minimum absolute atomic E-state index is 0.794. The van der Waals surface area contributed by atoms with Gasteiger partial charge in [0, 0.05) is 0 Å². The maximum atomic E-state index is 9.80. The average molecular weight is 136 g/mol. The number of carboxylic acids is 1. The molecule has 0 saturated carbocycles. The lowest BCUT2D eigenvalue weighted by molar-refractivity contribution is -0.148. The third kappa shape index (κ3) is 1.56. The minimum atomic E-state index is -2.12. The molecule has 0 radical (unpaired) electrons. The van der Waals surface area contributed by atoms with Crippen LogP contribution in [0.2, 0.25) is 0 Å². The van der Waals surface area contributed by atoms with Crippen LogP contribution >= 0.6 is 8.46 Å². The van der Waals surface area contributed by atoms with Crippen molar-refractivity contribution >= 4 is 14.4 Å². The maximum Gasteiger partial charge on any atom is 0.347 e. The second-order valence-electron chi connectivity index (χ2n) is 1.42. The highest BCUT2D eigenvalue weighted by atomic mass is 31.1. The lowest BCUT2D eigenvalue weighted by Gasteiger charge is -2.04. The van der Waals surface area contributed by atoms with Gasteiger partial charge >= 0.3 is 5.97 Å². The van der Waals surface area contributed by atoms with Crippen molar-refractivity contribution in [2.75, 3.05) is 0 Å². The van der Waals surface area contributed by atoms with Crippen molar-refractivity contribution in [3.8, 4) is 0 Å². The van der Waals surface area contributed by atoms with Gasteiger partial charge < -0.3 is 10.2 Å². The van der Waals surface area contributed by atoms with E-state index in [0.29, 0.717) is 0 Å². The molecule has 1 unspecified atom stereocenters. The van der Waals surface area contributed by atoms with Gasteiger partial charge in [0.25, 0.3) is 0 Å². The maximum absolute atomic E-state index is 9.80. The molecule has 0 fully saturated rings. The van der Waals surface area contributed by atoms with Gasteiger partial charge in [-0.2, -0.15) is 0 Å². The zero-order valence-corrected chi connectivity index (χ0v) is 5.05. The molecule has 0 aromatic rings. The second kappa shape index (κ2) is 2.20. The van der Waals surface area contributed by atoms with Crippen LogP contribution in [0, 0.1) is 0 Å². The number of carbonyl (C=O) groups is 1. The quantitative estimate of drug-likeness (QED) is 0.527. The van der Waals surface area contributed by atoms with Crippen LogP contribution in [0.5, 0.6) is 0 Å². The van der Waals surface area contributed by atoms with Crippen LogP contribution in [0.15, 0.2) is 0 Å². The van der Waals surface area contributed by atoms with Crippen molar-refractivity contribution in [2.24, 2.45) is 0 Å². The topological polar surface area (TPSA) is 74.6 Å². The van der Waals surface area contributed by atoms with Gasteiger partial charge in [0.05, 0.1) is 0 Å². The molecule has 0 aliphatic carbocycles. The zero-order chi connectivity index (χ0) is 6.78. The van der Waals surface area contributed by atoms with Crippen molar-refractivity contribution in [3.05, 3.63) is 0 Å². The Kier molecular flexibility index (Phi) is 2.07. The largest absolute Gasteiger partial charge is 0.479 e. The number of carboxylic acid groups (broad SMARTS) is 1. The van der Waals surface area contributed by atoms with E-state index in [-0.39, 0.29) is 0 Å². The number of aliphatic hydroxyl groups is 1. The number of hydrogen-bond donors (Lipinski definition) is 2. The molecule has 0 aliphatic heterocycles. The molecule has 2 N–H and O–H groups in total. The van der Waals surface area contributed by atoms with Gasteiger partial charge in [-0.25, -0.2) is 4.79 Å². The first-order valence-electron chi connectivity index (χ1n) is 1.81. The Labute approximate surface area is 47.3 Å². The Hall–Kier alpha value is -0.470. The highest BCUT2D eigenvalue weighted by Gasteiger charge is 2.30. The molecule has 0 amide bonds. The van der Waals surface area contributed by atoms with Crippen molar-refractivity contribution in [2.45, 2.75) is 12.3 Å². The SMILES string of the molecule is CC(O)(P=O)C(=O)O. The molecule has 0 aromatic heterocycles. The number of hydrogen-bond acceptors (Lipinski definition) is 3. The summed E-state index contributed by atoms with van der Waals surface area (Å²) in [4.78, 5) is 9.80. The normalized spacial score (nSPS) is 17.8. The molecule has 0 rings (SSSR count). The Balaban J connectivity index is 4.12. The summed E-state index contributed by atoms with van der Waals surface area (Å²) in [6.45, 7) is 0.948. The number of aliphatic carboxylic acids is 1. The van der Waals surface area contributed by atoms with Gasteiger partial charge in [-0.15, -0.1) is 0 Å². The van der Waals surface area contributed by atoms with Crippen LogP contribution in [0.25, 0.3) is 0 Å². The third-order valence-electron chi connectivity index (χ3n) is 0.583. The molecule has 0 bridgehead atoms. The standard InChI is InChI=1S/C3H5O4P/c1-3(6,8-7)2(4)5/h6H,1H3,(H,4,5). The van der Waals surface area contributed by atoms with Crippen LogP contribution in [0.4, 0.5) is 0 Å². The summed E-state index contributed by atoms with van der Waals surface area (Å²) in [5.74, 6) is -1.49. The zero-order valence-electron chi connectivity index (χ0n) is 4.16. The second-order valence-corrected chi connectivity index (χ2v) is 2.47. The number of rotatable bonds is 2. The summed E-state index contributed by atoms with van der Waals surface area (Å²) in [6.07, 6.45) is 0. The molecule has 46 valence electrons. The van der Waals surface area contributed by atoms with E-state index in [1.165, 1.54) is 0 Å². The Morgan fingerprint density at radius 1 is 1.75 bits per heavy atom. The van der Waals surface area contributed by atoms with Crippen LogP contribution in [0.1, 0.15) is 6.92 Å². The van der Waals surface area contributed by atoms with Crippen molar-refractivity contribution < 1.29 is 19.6 Å². The molecular formula is C3H5O4P. The van der Waals surface area contributed by atoms with Gasteiger partial charge in [-0.1, -0.05) is 0 Å². The molecule has 1 atom stereocenters. The molecule has 8 heavy (non-hydrogen) atoms. The molecule has 5 heteroatoms. The Bertz CT molecular complexity index is 118. The van der Waals surface area contributed by atoms with Gasteiger partial charge in [0.1, 0.15) is 0 Å². The van der Waals surface area contributed by atoms with E-state index >= 15 is 0 Å². The summed E-state index contributed by atoms with van der Waals surface area (Å²) in [7, 11) is -0.794. The summed E-state index contributed by atoms with van der Waals surface area (Å²) < 4.78 is 9.73. The lowest BCUT2D eigenvalue weighted by atomic mass is 10.4. The van der Waals surface area contributed by atoms with Crippen LogP contribution in [0.3, 0.4) is 0 Å². The molecule has 0 heterocycles. The van der Waals surface area contributed by atoms with Crippen molar-refractivity contribution in [3.63, 3.8) is 0 Å². The van der Waals surface area contributed by atoms with Crippen LogP contribution in [-0.2, 0) is 9.36 Å². The van der Waals surface area contributed by atoms with Crippen molar-refractivity contribution in [1.82, 2.24) is 0 Å². The van der Waals surface area contributed by atoms with E-state index in [2.05, 4.69) is 0 Å². The first-order chi connectivity index (χ1) is 3.50. The highest BCUT2D eigenvalue weighted by molar-refractivity contribution is 7.27. The minimum Gasteiger partial charge on any atom is -0.479 e. The molecule has 0 aromatic carbocycles. The Morgan fingerprint density at radius 2 is 2.12 bits per heavy atom. The van der Waals surface area contributed by atoms with Gasteiger partial charge in [0.2, 0.25) is 13.8 Å². The van der Waals surface area contributed by atoms with E-state index in [1.54, 1.807) is 0 Å². The molecule has 4 nitrogen and oxygen atoms in total. The fraction of sp³-hybridized carbons (Fsp3) is 0.667. The first-order valence-corrected chi connectivity index (χ1v) is 2.62. The predicted octanol–water partition coefficient (Wildman–Crippen LogP) is 0.0712. The van der Waals surface area contributed by atoms with Gasteiger partial charge in [0.15, 0.2) is 0 Å². The summed E-state index contributed by atoms with van der Waals surface area (Å²) >= 11 is 0. The average Bonchev–Trinajstić information content (AvgIpc) is 1.67. The Morgan fingerprint density at radius 3 is 2.12 bits per heavy atom. The van der Waals surface area contributed by atoms with E-state index in [4.69, 9.17) is 10.2 Å². The first kappa shape index (κ1) is 7.53. The molecule has 0 saturated heterocycles. The van der Waals surface area contributed by atoms with Crippen molar-refractivity contribution in [1.29, 1.82) is 0 Å². The monoisotopic (exact) mass is 136 g/mol. The van der Waals surface area contributed by atoms with E-state index in [0.717, 1.165) is 6.92 Å². The smallest absolute Gasteiger partial charge is 0.347 e. The lowest BCUT2D eigenvalue weighted by Crippen LogP contribution is -2.27. The fourth-order valence-corrected chi connectivity index (χ4v) is 0.117. The summed E-state index contributed by atoms with van der Waals surface area (Å²) in [6, 6.07) is 0. The molecular weight excluding hydrogens is 131 g/mol. The molecule has 0 aliphatic rings. The van der Waals surface area contributed by atoms with E-state index < -0.39 is 19.8 Å². The van der Waals surface area contributed by atoms with E-state index in [9.17, 15) is 9.36 Å². The van der Waals surface area contributed by atoms with Gasteiger partial charge in [-0.05, 0) is 6.92 Å². The van der Waals surface area contributed by atoms with Crippen LogP contribution in [-0.4, -0.2) is 21.5 Å². The third-order valence-corrected chi connectivity index (χ3v) is 1.13. The van der Waals surface area contributed by atoms with E-state index in [1.807, 2.05) is 0 Å². The predicted molar refractivity (Wildman–Crippen MR) is 25.9 cm³/mol. The van der Waals surface area contributed by atoms with Crippen LogP contribution < -0.4 is 0 Å². The summed E-state index contributed by atoms with van der Waals surface area (Å²) in [5, 5.41) is 14.3. The molecule has 0 spiro atoms. The van der Waals surface area contributed by atoms with Gasteiger partial charge in [-0.3, -0.25) is 4.57 Å². The fourth-order valence-electron chi connectivity index (χ4n) is 0.0390. The highest BCUT2D eigenvalue weighted by Crippen LogP contribution is 2.17.